The number of amides is 1. The Bertz CT molecular complexity index is 444. The molecule has 8 heteroatoms. The van der Waals surface area contributed by atoms with Gasteiger partial charge in [-0.3, -0.25) is 4.79 Å². The molecule has 19 heavy (non-hydrogen) atoms. The summed E-state index contributed by atoms with van der Waals surface area (Å²) < 4.78 is 28.2. The van der Waals surface area contributed by atoms with Crippen molar-refractivity contribution in [3.8, 4) is 0 Å². The van der Waals surface area contributed by atoms with Gasteiger partial charge in [-0.25, -0.2) is 8.42 Å². The van der Waals surface area contributed by atoms with E-state index in [2.05, 4.69) is 0 Å². The molecule has 0 aromatic rings. The van der Waals surface area contributed by atoms with E-state index in [9.17, 15) is 13.2 Å². The van der Waals surface area contributed by atoms with Crippen molar-refractivity contribution in [2.24, 2.45) is 5.73 Å². The van der Waals surface area contributed by atoms with Gasteiger partial charge in [-0.15, -0.1) is 0 Å². The van der Waals surface area contributed by atoms with Crippen LogP contribution in [0.2, 0.25) is 0 Å². The number of nitrogens with two attached hydrogens (primary N) is 1. The zero-order valence-corrected chi connectivity index (χ0v) is 11.6. The number of carbonyl (C=O) groups excluding carboxylic acids is 1. The molecule has 2 aliphatic rings. The third-order valence-corrected chi connectivity index (χ3v) is 5.48. The van der Waals surface area contributed by atoms with Gasteiger partial charge in [0.2, 0.25) is 5.91 Å². The summed E-state index contributed by atoms with van der Waals surface area (Å²) in [6.45, 7) is 0.475. The van der Waals surface area contributed by atoms with E-state index in [0.29, 0.717) is 19.4 Å². The van der Waals surface area contributed by atoms with Crippen LogP contribution in [0.5, 0.6) is 0 Å². The molecule has 0 radical (unpaired) electrons. The lowest BCUT2D eigenvalue weighted by Gasteiger charge is -2.34. The summed E-state index contributed by atoms with van der Waals surface area (Å²) in [5.74, 6) is -0.280. The molecule has 2 unspecified atom stereocenters. The van der Waals surface area contributed by atoms with E-state index in [1.165, 1.54) is 4.90 Å². The Morgan fingerprint density at radius 1 is 1.53 bits per heavy atom. The van der Waals surface area contributed by atoms with Crippen molar-refractivity contribution in [1.82, 2.24) is 4.90 Å². The van der Waals surface area contributed by atoms with Gasteiger partial charge in [0.1, 0.15) is 5.54 Å². The normalized spacial score (nSPS) is 33.5. The van der Waals surface area contributed by atoms with Crippen molar-refractivity contribution < 1.29 is 23.1 Å². The molecule has 110 valence electrons. The molecule has 2 fully saturated rings. The number of carbonyl (C=O) groups is 1. The minimum absolute atomic E-state index is 0.0460. The summed E-state index contributed by atoms with van der Waals surface area (Å²) in [5, 5.41) is 9.09. The topological polar surface area (TPSA) is 110 Å². The Hall–Kier alpha value is -0.700. The standard InChI is InChI=1S/C11H20N2O5S/c12-11(2-5-18-8-11)10(15)13(3-4-14)9-1-6-19(16,17)7-9/h9,14H,1-8,12H2. The summed E-state index contributed by atoms with van der Waals surface area (Å²) in [6.07, 6.45) is 0.832. The predicted molar refractivity (Wildman–Crippen MR) is 68.2 cm³/mol. The van der Waals surface area contributed by atoms with E-state index in [4.69, 9.17) is 15.6 Å². The molecule has 2 aliphatic heterocycles. The summed E-state index contributed by atoms with van der Waals surface area (Å²) in [7, 11) is -3.08. The second kappa shape index (κ2) is 5.35. The number of hydrogen-bond donors (Lipinski definition) is 2. The lowest BCUT2D eigenvalue weighted by Crippen LogP contribution is -2.59. The van der Waals surface area contributed by atoms with Crippen molar-refractivity contribution in [2.75, 3.05) is 37.9 Å². The van der Waals surface area contributed by atoms with E-state index in [1.807, 2.05) is 0 Å². The first-order chi connectivity index (χ1) is 8.88. The first kappa shape index (κ1) is 14.7. The fourth-order valence-electron chi connectivity index (χ4n) is 2.61. The molecular weight excluding hydrogens is 272 g/mol. The zero-order chi connectivity index (χ0) is 14.1. The third-order valence-electron chi connectivity index (χ3n) is 3.73. The Balaban J connectivity index is 2.14. The van der Waals surface area contributed by atoms with Crippen LogP contribution in [0.4, 0.5) is 0 Å². The molecule has 0 aromatic heterocycles. The van der Waals surface area contributed by atoms with Crippen LogP contribution in [0, 0.1) is 0 Å². The summed E-state index contributed by atoms with van der Waals surface area (Å²) in [4.78, 5) is 13.9. The molecule has 7 nitrogen and oxygen atoms in total. The number of hydrogen-bond acceptors (Lipinski definition) is 6. The van der Waals surface area contributed by atoms with Crippen LogP contribution in [0.15, 0.2) is 0 Å². The first-order valence-corrected chi connectivity index (χ1v) is 8.19. The minimum Gasteiger partial charge on any atom is -0.395 e. The average Bonchev–Trinajstić information content (AvgIpc) is 2.92. The van der Waals surface area contributed by atoms with Crippen molar-refractivity contribution in [1.29, 1.82) is 0 Å². The number of ether oxygens (including phenoxy) is 1. The van der Waals surface area contributed by atoms with E-state index in [0.717, 1.165) is 0 Å². The van der Waals surface area contributed by atoms with Crippen LogP contribution >= 0.6 is 0 Å². The van der Waals surface area contributed by atoms with Crippen molar-refractivity contribution >= 4 is 15.7 Å². The molecule has 0 bridgehead atoms. The van der Waals surface area contributed by atoms with Gasteiger partial charge in [0.05, 0.1) is 24.7 Å². The average molecular weight is 292 g/mol. The highest BCUT2D eigenvalue weighted by Crippen LogP contribution is 2.24. The van der Waals surface area contributed by atoms with Gasteiger partial charge in [-0.1, -0.05) is 0 Å². The number of rotatable bonds is 4. The number of nitrogens with zero attached hydrogens (tertiary/aromatic N) is 1. The molecule has 3 N–H and O–H groups in total. The van der Waals surface area contributed by atoms with E-state index < -0.39 is 15.4 Å². The van der Waals surface area contributed by atoms with Crippen molar-refractivity contribution in [2.45, 2.75) is 24.4 Å². The maximum absolute atomic E-state index is 12.5. The fourth-order valence-corrected chi connectivity index (χ4v) is 4.35. The summed E-state index contributed by atoms with van der Waals surface area (Å²) in [5.41, 5.74) is 4.94. The van der Waals surface area contributed by atoms with Gasteiger partial charge in [0, 0.05) is 19.2 Å². The van der Waals surface area contributed by atoms with Crippen molar-refractivity contribution in [3.63, 3.8) is 0 Å². The molecule has 2 rings (SSSR count). The van der Waals surface area contributed by atoms with Gasteiger partial charge >= 0.3 is 0 Å². The van der Waals surface area contributed by atoms with Crippen LogP contribution in [-0.4, -0.2) is 73.8 Å². The van der Waals surface area contributed by atoms with Gasteiger partial charge in [0.15, 0.2) is 9.84 Å². The molecule has 0 saturated carbocycles. The van der Waals surface area contributed by atoms with Crippen LogP contribution in [0.3, 0.4) is 0 Å². The highest BCUT2D eigenvalue weighted by atomic mass is 32.2. The lowest BCUT2D eigenvalue weighted by molar-refractivity contribution is -0.139. The monoisotopic (exact) mass is 292 g/mol. The van der Waals surface area contributed by atoms with Gasteiger partial charge in [-0.05, 0) is 12.8 Å². The Morgan fingerprint density at radius 2 is 2.26 bits per heavy atom. The molecule has 1 amide bonds. The highest BCUT2D eigenvalue weighted by molar-refractivity contribution is 7.91. The molecule has 0 spiro atoms. The van der Waals surface area contributed by atoms with Crippen LogP contribution in [0.1, 0.15) is 12.8 Å². The largest absolute Gasteiger partial charge is 0.395 e. The fraction of sp³-hybridized carbons (Fsp3) is 0.909. The first-order valence-electron chi connectivity index (χ1n) is 6.37. The maximum Gasteiger partial charge on any atom is 0.245 e. The molecule has 0 aliphatic carbocycles. The molecule has 2 heterocycles. The highest BCUT2D eigenvalue weighted by Gasteiger charge is 2.44. The molecule has 0 aromatic carbocycles. The van der Waals surface area contributed by atoms with Crippen LogP contribution < -0.4 is 5.73 Å². The maximum atomic E-state index is 12.5. The van der Waals surface area contributed by atoms with Gasteiger partial charge in [-0.2, -0.15) is 0 Å². The van der Waals surface area contributed by atoms with E-state index in [1.54, 1.807) is 0 Å². The second-order valence-corrected chi connectivity index (χ2v) is 7.47. The van der Waals surface area contributed by atoms with Gasteiger partial charge < -0.3 is 20.5 Å². The molecule has 2 atom stereocenters. The Kier molecular flexibility index (Phi) is 4.14. The lowest BCUT2D eigenvalue weighted by atomic mass is 9.97. The van der Waals surface area contributed by atoms with Crippen LogP contribution in [-0.2, 0) is 19.4 Å². The van der Waals surface area contributed by atoms with Crippen LogP contribution in [0.25, 0.3) is 0 Å². The van der Waals surface area contributed by atoms with Crippen molar-refractivity contribution in [3.05, 3.63) is 0 Å². The van der Waals surface area contributed by atoms with Gasteiger partial charge in [0.25, 0.3) is 0 Å². The summed E-state index contributed by atoms with van der Waals surface area (Å²) in [6, 6.07) is -0.384. The number of aliphatic hydroxyl groups is 1. The second-order valence-electron chi connectivity index (χ2n) is 5.24. The quantitative estimate of drug-likeness (QED) is 0.627. The zero-order valence-electron chi connectivity index (χ0n) is 10.7. The third kappa shape index (κ3) is 3.07. The van der Waals surface area contributed by atoms with E-state index in [-0.39, 0.29) is 43.2 Å². The smallest absolute Gasteiger partial charge is 0.245 e. The number of sulfone groups is 1. The molecule has 2 saturated heterocycles. The predicted octanol–water partition coefficient (Wildman–Crippen LogP) is -1.89. The number of aliphatic hydroxyl groups excluding tert-OH is 1. The molecular formula is C11H20N2O5S. The SMILES string of the molecule is NC1(C(=O)N(CCO)C2CCS(=O)(=O)C2)CCOC1. The minimum atomic E-state index is -3.08. The Morgan fingerprint density at radius 3 is 2.74 bits per heavy atom. The summed E-state index contributed by atoms with van der Waals surface area (Å²) >= 11 is 0. The van der Waals surface area contributed by atoms with E-state index >= 15 is 0 Å². The Labute approximate surface area is 112 Å².